The van der Waals surface area contributed by atoms with Crippen molar-refractivity contribution in [2.75, 3.05) is 27.4 Å². The SMILES string of the molecule is COCCNC(C)(C(N)=O)c1ccccc1OC. The van der Waals surface area contributed by atoms with Crippen molar-refractivity contribution in [2.45, 2.75) is 12.5 Å². The Kier molecular flexibility index (Phi) is 5.12. The summed E-state index contributed by atoms with van der Waals surface area (Å²) in [7, 11) is 3.17. The Morgan fingerprint density at radius 3 is 2.61 bits per heavy atom. The Bertz CT molecular complexity index is 409. The fourth-order valence-electron chi connectivity index (χ4n) is 1.78. The monoisotopic (exact) mass is 252 g/mol. The predicted molar refractivity (Wildman–Crippen MR) is 69.4 cm³/mol. The van der Waals surface area contributed by atoms with Gasteiger partial charge in [-0.05, 0) is 13.0 Å². The molecule has 0 aliphatic heterocycles. The van der Waals surface area contributed by atoms with Gasteiger partial charge in [0.15, 0.2) is 0 Å². The number of rotatable bonds is 7. The van der Waals surface area contributed by atoms with E-state index in [2.05, 4.69) is 5.32 Å². The molecule has 0 radical (unpaired) electrons. The number of benzene rings is 1. The summed E-state index contributed by atoms with van der Waals surface area (Å²) in [5.41, 5.74) is 5.25. The summed E-state index contributed by atoms with van der Waals surface area (Å²) in [4.78, 5) is 11.7. The number of nitrogens with two attached hydrogens (primary N) is 1. The fraction of sp³-hybridized carbons (Fsp3) is 0.462. The smallest absolute Gasteiger partial charge is 0.242 e. The van der Waals surface area contributed by atoms with Gasteiger partial charge in [-0.15, -0.1) is 0 Å². The first-order chi connectivity index (χ1) is 8.56. The van der Waals surface area contributed by atoms with Crippen LogP contribution in [-0.4, -0.2) is 33.3 Å². The largest absolute Gasteiger partial charge is 0.496 e. The molecule has 1 atom stereocenters. The normalized spacial score (nSPS) is 13.9. The van der Waals surface area contributed by atoms with Crippen LogP contribution in [0, 0.1) is 0 Å². The van der Waals surface area contributed by atoms with Gasteiger partial charge in [0.25, 0.3) is 0 Å². The van der Waals surface area contributed by atoms with Crippen LogP contribution in [-0.2, 0) is 15.1 Å². The lowest BCUT2D eigenvalue weighted by molar-refractivity contribution is -0.124. The number of carbonyl (C=O) groups is 1. The van der Waals surface area contributed by atoms with Crippen LogP contribution in [0.4, 0.5) is 0 Å². The highest BCUT2D eigenvalue weighted by Crippen LogP contribution is 2.29. The third-order valence-corrected chi connectivity index (χ3v) is 2.92. The molecule has 1 unspecified atom stereocenters. The van der Waals surface area contributed by atoms with Gasteiger partial charge >= 0.3 is 0 Å². The maximum Gasteiger partial charge on any atom is 0.242 e. The second-order valence-corrected chi connectivity index (χ2v) is 4.11. The van der Waals surface area contributed by atoms with Gasteiger partial charge in [-0.3, -0.25) is 10.1 Å². The zero-order valence-corrected chi connectivity index (χ0v) is 11.0. The number of methoxy groups -OCH3 is 2. The first-order valence-electron chi connectivity index (χ1n) is 5.73. The summed E-state index contributed by atoms with van der Waals surface area (Å²) in [6.07, 6.45) is 0. The van der Waals surface area contributed by atoms with Gasteiger partial charge in [0.05, 0.1) is 13.7 Å². The van der Waals surface area contributed by atoms with E-state index in [1.807, 2.05) is 18.2 Å². The summed E-state index contributed by atoms with van der Waals surface area (Å²) >= 11 is 0. The van der Waals surface area contributed by atoms with Crippen LogP contribution in [0.2, 0.25) is 0 Å². The zero-order chi connectivity index (χ0) is 13.6. The third-order valence-electron chi connectivity index (χ3n) is 2.92. The Labute approximate surface area is 107 Å². The highest BCUT2D eigenvalue weighted by atomic mass is 16.5. The number of primary amides is 1. The Morgan fingerprint density at radius 1 is 1.39 bits per heavy atom. The van der Waals surface area contributed by atoms with E-state index in [9.17, 15) is 4.79 Å². The molecular formula is C13H20N2O3. The van der Waals surface area contributed by atoms with Crippen molar-refractivity contribution < 1.29 is 14.3 Å². The summed E-state index contributed by atoms with van der Waals surface area (Å²) < 4.78 is 10.2. The fourth-order valence-corrected chi connectivity index (χ4v) is 1.78. The molecule has 1 aromatic rings. The highest BCUT2D eigenvalue weighted by molar-refractivity contribution is 5.86. The number of para-hydroxylation sites is 1. The van der Waals surface area contributed by atoms with E-state index in [-0.39, 0.29) is 0 Å². The molecule has 0 spiro atoms. The standard InChI is InChI=1S/C13H20N2O3/c1-13(12(14)16,15-8-9-17-2)10-6-4-5-7-11(10)18-3/h4-7,15H,8-9H2,1-3H3,(H2,14,16). The number of amides is 1. The summed E-state index contributed by atoms with van der Waals surface area (Å²) in [5.74, 6) is 0.173. The number of carbonyl (C=O) groups excluding carboxylic acids is 1. The van der Waals surface area contributed by atoms with E-state index >= 15 is 0 Å². The average Bonchev–Trinajstić information content (AvgIpc) is 2.38. The molecule has 0 saturated carbocycles. The summed E-state index contributed by atoms with van der Waals surface area (Å²) in [6, 6.07) is 7.31. The number of nitrogens with one attached hydrogen (secondary N) is 1. The Morgan fingerprint density at radius 2 is 2.06 bits per heavy atom. The molecule has 0 saturated heterocycles. The molecule has 18 heavy (non-hydrogen) atoms. The van der Waals surface area contributed by atoms with Crippen LogP contribution < -0.4 is 15.8 Å². The van der Waals surface area contributed by atoms with Crippen molar-refractivity contribution in [1.82, 2.24) is 5.32 Å². The highest BCUT2D eigenvalue weighted by Gasteiger charge is 2.35. The quantitative estimate of drug-likeness (QED) is 0.698. The van der Waals surface area contributed by atoms with Crippen molar-refractivity contribution >= 4 is 5.91 Å². The number of hydrogen-bond acceptors (Lipinski definition) is 4. The van der Waals surface area contributed by atoms with Gasteiger partial charge in [0, 0.05) is 19.2 Å². The molecule has 1 aromatic carbocycles. The third kappa shape index (κ3) is 3.00. The van der Waals surface area contributed by atoms with E-state index in [0.717, 1.165) is 5.56 Å². The molecule has 0 aliphatic rings. The molecule has 0 aliphatic carbocycles. The van der Waals surface area contributed by atoms with Crippen molar-refractivity contribution in [2.24, 2.45) is 5.73 Å². The Hall–Kier alpha value is -1.59. The van der Waals surface area contributed by atoms with E-state index in [0.29, 0.717) is 18.9 Å². The summed E-state index contributed by atoms with van der Waals surface area (Å²) in [6.45, 7) is 2.76. The van der Waals surface area contributed by atoms with Crippen LogP contribution >= 0.6 is 0 Å². The van der Waals surface area contributed by atoms with Crippen LogP contribution in [0.15, 0.2) is 24.3 Å². The molecule has 5 nitrogen and oxygen atoms in total. The van der Waals surface area contributed by atoms with Crippen molar-refractivity contribution in [3.05, 3.63) is 29.8 Å². The lowest BCUT2D eigenvalue weighted by atomic mass is 9.90. The molecule has 0 bridgehead atoms. The lowest BCUT2D eigenvalue weighted by Crippen LogP contribution is -2.51. The topological polar surface area (TPSA) is 73.6 Å². The van der Waals surface area contributed by atoms with Gasteiger partial charge in [-0.1, -0.05) is 18.2 Å². The van der Waals surface area contributed by atoms with Gasteiger partial charge in [0.1, 0.15) is 11.3 Å². The van der Waals surface area contributed by atoms with Crippen molar-refractivity contribution in [3.8, 4) is 5.75 Å². The minimum absolute atomic E-state index is 0.455. The van der Waals surface area contributed by atoms with Crippen molar-refractivity contribution in [1.29, 1.82) is 0 Å². The van der Waals surface area contributed by atoms with Crippen LogP contribution in [0.3, 0.4) is 0 Å². The predicted octanol–water partition coefficient (Wildman–Crippen LogP) is 0.632. The maximum absolute atomic E-state index is 11.7. The molecular weight excluding hydrogens is 232 g/mol. The first-order valence-corrected chi connectivity index (χ1v) is 5.73. The van der Waals surface area contributed by atoms with E-state index in [4.69, 9.17) is 15.2 Å². The second kappa shape index (κ2) is 6.37. The molecule has 100 valence electrons. The molecule has 3 N–H and O–H groups in total. The Balaban J connectivity index is 3.06. The molecule has 0 heterocycles. The van der Waals surface area contributed by atoms with Gasteiger partial charge in [0.2, 0.25) is 5.91 Å². The van der Waals surface area contributed by atoms with Gasteiger partial charge < -0.3 is 15.2 Å². The average molecular weight is 252 g/mol. The minimum Gasteiger partial charge on any atom is -0.496 e. The molecule has 0 aromatic heterocycles. The van der Waals surface area contributed by atoms with Crippen LogP contribution in [0.25, 0.3) is 0 Å². The lowest BCUT2D eigenvalue weighted by Gasteiger charge is -2.29. The van der Waals surface area contributed by atoms with Gasteiger partial charge in [-0.25, -0.2) is 0 Å². The maximum atomic E-state index is 11.7. The van der Waals surface area contributed by atoms with Gasteiger partial charge in [-0.2, -0.15) is 0 Å². The van der Waals surface area contributed by atoms with Crippen LogP contribution in [0.5, 0.6) is 5.75 Å². The van der Waals surface area contributed by atoms with E-state index < -0.39 is 11.4 Å². The first kappa shape index (κ1) is 14.5. The van der Waals surface area contributed by atoms with E-state index in [1.165, 1.54) is 0 Å². The molecule has 5 heteroatoms. The zero-order valence-electron chi connectivity index (χ0n) is 11.0. The second-order valence-electron chi connectivity index (χ2n) is 4.11. The number of hydrogen-bond donors (Lipinski definition) is 2. The van der Waals surface area contributed by atoms with Crippen molar-refractivity contribution in [3.63, 3.8) is 0 Å². The molecule has 1 amide bonds. The molecule has 0 fully saturated rings. The van der Waals surface area contributed by atoms with Crippen LogP contribution in [0.1, 0.15) is 12.5 Å². The summed E-state index contributed by atoms with van der Waals surface area (Å²) in [5, 5.41) is 3.11. The molecule has 1 rings (SSSR count). The number of ether oxygens (including phenoxy) is 2. The van der Waals surface area contributed by atoms with E-state index in [1.54, 1.807) is 27.2 Å². The minimum atomic E-state index is -0.981.